The van der Waals surface area contributed by atoms with Gasteiger partial charge in [0.2, 0.25) is 0 Å². The molecule has 0 amide bonds. The van der Waals surface area contributed by atoms with Crippen LogP contribution in [0.5, 0.6) is 0 Å². The molecule has 8 nitrogen and oxygen atoms in total. The molecule has 0 saturated carbocycles. The predicted molar refractivity (Wildman–Crippen MR) is 137 cm³/mol. The Bertz CT molecular complexity index is 1500. The second kappa shape index (κ2) is 7.87. The number of hydrogen-bond acceptors (Lipinski definition) is 6. The van der Waals surface area contributed by atoms with E-state index in [1.807, 2.05) is 75.2 Å². The Labute approximate surface area is 202 Å². The van der Waals surface area contributed by atoms with E-state index in [2.05, 4.69) is 11.1 Å². The SMILES string of the molecule is Cc1[nH]c2ccc([N+](=O)[O-])cc2c1C1(c2ccc(N(C)C)cc2N(C)C)OC(=O)c2ccccc21. The van der Waals surface area contributed by atoms with Crippen molar-refractivity contribution in [2.24, 2.45) is 0 Å². The van der Waals surface area contributed by atoms with Crippen LogP contribution in [0.3, 0.4) is 0 Å². The molecule has 0 saturated heterocycles. The summed E-state index contributed by atoms with van der Waals surface area (Å²) >= 11 is 0. The van der Waals surface area contributed by atoms with Gasteiger partial charge in [0, 0.05) is 85.0 Å². The van der Waals surface area contributed by atoms with Crippen LogP contribution in [0.1, 0.15) is 32.7 Å². The lowest BCUT2D eigenvalue weighted by Gasteiger charge is -2.34. The summed E-state index contributed by atoms with van der Waals surface area (Å²) in [5, 5.41) is 12.3. The molecule has 1 aliphatic rings. The van der Waals surface area contributed by atoms with E-state index in [4.69, 9.17) is 4.74 Å². The Morgan fingerprint density at radius 1 is 0.943 bits per heavy atom. The van der Waals surface area contributed by atoms with Crippen LogP contribution >= 0.6 is 0 Å². The number of H-pyrrole nitrogens is 1. The van der Waals surface area contributed by atoms with Gasteiger partial charge in [-0.25, -0.2) is 4.79 Å². The Morgan fingerprint density at radius 3 is 2.37 bits per heavy atom. The number of nitro benzene ring substituents is 1. The first-order chi connectivity index (χ1) is 16.6. The summed E-state index contributed by atoms with van der Waals surface area (Å²) in [5.74, 6) is -0.429. The molecule has 35 heavy (non-hydrogen) atoms. The molecule has 1 unspecified atom stereocenters. The van der Waals surface area contributed by atoms with E-state index < -0.39 is 16.5 Å². The number of carbonyl (C=O) groups excluding carboxylic acids is 1. The normalized spacial score (nSPS) is 16.8. The highest BCUT2D eigenvalue weighted by Crippen LogP contribution is 2.53. The van der Waals surface area contributed by atoms with Gasteiger partial charge in [-0.3, -0.25) is 10.1 Å². The lowest BCUT2D eigenvalue weighted by Crippen LogP contribution is -2.32. The molecule has 8 heteroatoms. The molecule has 5 rings (SSSR count). The molecular formula is C27H26N4O4. The molecule has 178 valence electrons. The number of hydrogen-bond donors (Lipinski definition) is 1. The van der Waals surface area contributed by atoms with Crippen LogP contribution in [0.25, 0.3) is 10.9 Å². The second-order valence-electron chi connectivity index (χ2n) is 9.22. The lowest BCUT2D eigenvalue weighted by molar-refractivity contribution is -0.384. The van der Waals surface area contributed by atoms with Crippen LogP contribution in [-0.4, -0.2) is 44.1 Å². The summed E-state index contributed by atoms with van der Waals surface area (Å²) in [7, 11) is 7.83. The monoisotopic (exact) mass is 470 g/mol. The van der Waals surface area contributed by atoms with Crippen molar-refractivity contribution in [3.8, 4) is 0 Å². The van der Waals surface area contributed by atoms with Crippen molar-refractivity contribution in [3.05, 3.63) is 98.7 Å². The minimum absolute atomic E-state index is 0.0266. The number of esters is 1. The third kappa shape index (κ3) is 3.24. The third-order valence-electron chi connectivity index (χ3n) is 6.66. The standard InChI is InChI=1S/C27H26N4O4/c1-16-25(20-14-18(31(33)34)11-13-23(20)28-16)27(21-9-7-6-8-19(21)26(32)35-27)22-12-10-17(29(2)3)15-24(22)30(4)5/h6-15,28H,1-5H3. The van der Waals surface area contributed by atoms with Crippen molar-refractivity contribution in [2.45, 2.75) is 12.5 Å². The van der Waals surface area contributed by atoms with Gasteiger partial charge < -0.3 is 19.5 Å². The Balaban J connectivity index is 1.94. The Hall–Kier alpha value is -4.33. The molecule has 1 N–H and O–H groups in total. The summed E-state index contributed by atoms with van der Waals surface area (Å²) in [6.45, 7) is 1.90. The quantitative estimate of drug-likeness (QED) is 0.251. The molecular weight excluding hydrogens is 444 g/mol. The predicted octanol–water partition coefficient (Wildman–Crippen LogP) is 4.98. The largest absolute Gasteiger partial charge is 0.440 e. The fraction of sp³-hybridized carbons (Fsp3) is 0.222. The number of benzene rings is 3. The summed E-state index contributed by atoms with van der Waals surface area (Å²) in [4.78, 5) is 31.8. The van der Waals surface area contributed by atoms with Gasteiger partial charge in [0.05, 0.1) is 10.5 Å². The van der Waals surface area contributed by atoms with E-state index in [0.29, 0.717) is 22.1 Å². The van der Waals surface area contributed by atoms with Crippen molar-refractivity contribution in [1.29, 1.82) is 0 Å². The van der Waals surface area contributed by atoms with Crippen molar-refractivity contribution in [3.63, 3.8) is 0 Å². The number of aromatic nitrogens is 1. The van der Waals surface area contributed by atoms with Gasteiger partial charge in [-0.1, -0.05) is 24.3 Å². The number of anilines is 2. The highest BCUT2D eigenvalue weighted by atomic mass is 16.6. The van der Waals surface area contributed by atoms with Crippen LogP contribution in [0, 0.1) is 17.0 Å². The smallest absolute Gasteiger partial charge is 0.340 e. The molecule has 0 radical (unpaired) electrons. The van der Waals surface area contributed by atoms with Crippen LogP contribution in [0.2, 0.25) is 0 Å². The van der Waals surface area contributed by atoms with Crippen LogP contribution < -0.4 is 9.80 Å². The van der Waals surface area contributed by atoms with Crippen molar-refractivity contribution >= 4 is 33.9 Å². The maximum absolute atomic E-state index is 13.3. The van der Waals surface area contributed by atoms with E-state index in [-0.39, 0.29) is 5.69 Å². The number of nitrogens with one attached hydrogen (secondary N) is 1. The van der Waals surface area contributed by atoms with E-state index in [0.717, 1.165) is 28.1 Å². The van der Waals surface area contributed by atoms with Crippen molar-refractivity contribution in [1.82, 2.24) is 4.98 Å². The first-order valence-corrected chi connectivity index (χ1v) is 11.2. The molecule has 1 atom stereocenters. The summed E-state index contributed by atoms with van der Waals surface area (Å²) in [5.41, 5.74) is 4.71. The zero-order valence-corrected chi connectivity index (χ0v) is 20.2. The number of carbonyl (C=O) groups is 1. The van der Waals surface area contributed by atoms with E-state index in [1.165, 1.54) is 6.07 Å². The fourth-order valence-electron chi connectivity index (χ4n) is 5.09. The molecule has 0 aliphatic carbocycles. The highest BCUT2D eigenvalue weighted by molar-refractivity contribution is 5.99. The number of cyclic esters (lactones) is 1. The average molecular weight is 471 g/mol. The maximum atomic E-state index is 13.3. The number of nitrogens with zero attached hydrogens (tertiary/aromatic N) is 3. The minimum atomic E-state index is -1.30. The van der Waals surface area contributed by atoms with Crippen LogP contribution in [0.15, 0.2) is 60.7 Å². The summed E-state index contributed by atoms with van der Waals surface area (Å²) < 4.78 is 6.36. The van der Waals surface area contributed by atoms with Gasteiger partial charge in [-0.05, 0) is 31.2 Å². The molecule has 1 aliphatic heterocycles. The topological polar surface area (TPSA) is 91.7 Å². The van der Waals surface area contributed by atoms with Gasteiger partial charge in [0.15, 0.2) is 5.60 Å². The number of nitro groups is 1. The van der Waals surface area contributed by atoms with E-state index >= 15 is 0 Å². The zero-order chi connectivity index (χ0) is 25.1. The first kappa shape index (κ1) is 22.5. The van der Waals surface area contributed by atoms with E-state index in [1.54, 1.807) is 18.2 Å². The zero-order valence-electron chi connectivity index (χ0n) is 20.2. The van der Waals surface area contributed by atoms with Crippen LogP contribution in [0.4, 0.5) is 17.1 Å². The number of ether oxygens (including phenoxy) is 1. The maximum Gasteiger partial charge on any atom is 0.340 e. The van der Waals surface area contributed by atoms with Crippen LogP contribution in [-0.2, 0) is 10.3 Å². The average Bonchev–Trinajstić information content (AvgIpc) is 3.32. The molecule has 0 spiro atoms. The fourth-order valence-corrected chi connectivity index (χ4v) is 5.09. The number of aromatic amines is 1. The van der Waals surface area contributed by atoms with Gasteiger partial charge in [0.1, 0.15) is 0 Å². The Kier molecular flexibility index (Phi) is 5.05. The number of aryl methyl sites for hydroxylation is 1. The van der Waals surface area contributed by atoms with Gasteiger partial charge in [0.25, 0.3) is 5.69 Å². The number of rotatable bonds is 5. The molecule has 0 fully saturated rings. The van der Waals surface area contributed by atoms with Gasteiger partial charge >= 0.3 is 5.97 Å². The number of non-ortho nitro benzene ring substituents is 1. The van der Waals surface area contributed by atoms with Gasteiger partial charge in [-0.2, -0.15) is 0 Å². The Morgan fingerprint density at radius 2 is 1.69 bits per heavy atom. The molecule has 0 bridgehead atoms. The van der Waals surface area contributed by atoms with Crippen molar-refractivity contribution < 1.29 is 14.5 Å². The van der Waals surface area contributed by atoms with E-state index in [9.17, 15) is 14.9 Å². The summed E-state index contributed by atoms with van der Waals surface area (Å²) in [6.07, 6.45) is 0. The second-order valence-corrected chi connectivity index (χ2v) is 9.22. The molecule has 4 aromatic rings. The lowest BCUT2D eigenvalue weighted by atomic mass is 9.77. The summed E-state index contributed by atoms with van der Waals surface area (Å²) in [6, 6.07) is 18.1. The molecule has 1 aromatic heterocycles. The minimum Gasteiger partial charge on any atom is -0.440 e. The molecule has 2 heterocycles. The first-order valence-electron chi connectivity index (χ1n) is 11.2. The molecule has 3 aromatic carbocycles. The highest BCUT2D eigenvalue weighted by Gasteiger charge is 2.52. The number of fused-ring (bicyclic) bond motifs is 2. The van der Waals surface area contributed by atoms with Gasteiger partial charge in [-0.15, -0.1) is 0 Å². The third-order valence-corrected chi connectivity index (χ3v) is 6.66. The van der Waals surface area contributed by atoms with Crippen molar-refractivity contribution in [2.75, 3.05) is 38.0 Å².